The fourth-order valence-corrected chi connectivity index (χ4v) is 8.87. The Morgan fingerprint density at radius 2 is 1.78 bits per heavy atom. The first kappa shape index (κ1) is 28.2. The van der Waals surface area contributed by atoms with Crippen LogP contribution in [0.4, 0.5) is 0 Å². The topological polar surface area (TPSA) is 97.7 Å². The number of aliphatic hydroxyl groups is 1. The highest BCUT2D eigenvalue weighted by Crippen LogP contribution is 2.70. The van der Waals surface area contributed by atoms with Crippen LogP contribution in [0.1, 0.15) is 106 Å². The van der Waals surface area contributed by atoms with Crippen LogP contribution in [0.25, 0.3) is 0 Å². The van der Waals surface area contributed by atoms with E-state index in [1.807, 2.05) is 20.8 Å². The predicted molar refractivity (Wildman–Crippen MR) is 140 cm³/mol. The number of carbonyl (C=O) groups is 4. The van der Waals surface area contributed by atoms with Gasteiger partial charge in [0, 0.05) is 42.1 Å². The van der Waals surface area contributed by atoms with Crippen molar-refractivity contribution in [3.8, 4) is 0 Å². The summed E-state index contributed by atoms with van der Waals surface area (Å²) in [7, 11) is 0. The number of ketones is 3. The number of fused-ring (bicyclic) bond motifs is 4. The van der Waals surface area contributed by atoms with Crippen molar-refractivity contribution in [1.29, 1.82) is 0 Å². The Morgan fingerprint density at radius 3 is 2.43 bits per heavy atom. The van der Waals surface area contributed by atoms with Gasteiger partial charge in [-0.25, -0.2) is 0 Å². The summed E-state index contributed by atoms with van der Waals surface area (Å²) in [5.41, 5.74) is -1.45. The van der Waals surface area contributed by atoms with Crippen molar-refractivity contribution >= 4 is 23.3 Å². The van der Waals surface area contributed by atoms with E-state index in [0.29, 0.717) is 56.3 Å². The Balaban J connectivity index is 1.68. The summed E-state index contributed by atoms with van der Waals surface area (Å²) in [6.07, 6.45) is 3.80. The summed E-state index contributed by atoms with van der Waals surface area (Å²) in [5.74, 6) is -0.0602. The predicted octanol–water partition coefficient (Wildman–Crippen LogP) is 5.39. The molecule has 7 atom stereocenters. The van der Waals surface area contributed by atoms with Gasteiger partial charge in [-0.2, -0.15) is 0 Å². The van der Waals surface area contributed by atoms with Crippen LogP contribution in [0.3, 0.4) is 0 Å². The Bertz CT molecular complexity index is 1040. The maximum atomic E-state index is 14.1. The average Bonchev–Trinajstić information content (AvgIpc) is 3.03. The van der Waals surface area contributed by atoms with E-state index in [1.165, 1.54) is 0 Å². The van der Waals surface area contributed by atoms with E-state index in [4.69, 9.17) is 4.74 Å². The summed E-state index contributed by atoms with van der Waals surface area (Å²) in [6, 6.07) is 0. The van der Waals surface area contributed by atoms with Gasteiger partial charge in [-0.3, -0.25) is 19.2 Å². The van der Waals surface area contributed by atoms with Crippen molar-refractivity contribution < 1.29 is 29.0 Å². The van der Waals surface area contributed by atoms with Crippen LogP contribution in [-0.2, 0) is 23.9 Å². The molecule has 0 unspecified atom stereocenters. The zero-order valence-electron chi connectivity index (χ0n) is 23.9. The molecule has 2 saturated carbocycles. The van der Waals surface area contributed by atoms with Crippen LogP contribution >= 0.6 is 0 Å². The van der Waals surface area contributed by atoms with Crippen molar-refractivity contribution in [3.05, 3.63) is 11.1 Å². The molecule has 0 spiro atoms. The van der Waals surface area contributed by atoms with Crippen molar-refractivity contribution in [2.24, 2.45) is 39.4 Å². The smallest absolute Gasteiger partial charge is 0.305 e. The van der Waals surface area contributed by atoms with Gasteiger partial charge in [-0.05, 0) is 61.3 Å². The van der Waals surface area contributed by atoms with E-state index < -0.39 is 27.8 Å². The molecule has 4 aliphatic rings. The Hall–Kier alpha value is -1.82. The second-order valence-corrected chi connectivity index (χ2v) is 13.6. The van der Waals surface area contributed by atoms with E-state index in [1.54, 1.807) is 0 Å². The lowest BCUT2D eigenvalue weighted by molar-refractivity contribution is -0.147. The minimum Gasteiger partial charge on any atom is -0.466 e. The fourth-order valence-electron chi connectivity index (χ4n) is 8.87. The maximum absolute atomic E-state index is 14.1. The standard InChI is InChI=1S/C31H46O6/c1-8-9-14-37-25(36)11-10-18(2)19-15-24(35)31(7)27-20(32)16-22-28(3,4)23(34)12-13-29(22,5)26(27)21(33)17-30(19,31)6/h18-20,22,32H,8-17H2,1-7H3/t18-,19-,20+,22+,29+,30-,31+/m1/s1. The lowest BCUT2D eigenvalue weighted by atomic mass is 9.42. The lowest BCUT2D eigenvalue weighted by Gasteiger charge is -2.60. The molecule has 6 nitrogen and oxygen atoms in total. The maximum Gasteiger partial charge on any atom is 0.305 e. The van der Waals surface area contributed by atoms with Gasteiger partial charge in [0.2, 0.25) is 0 Å². The summed E-state index contributed by atoms with van der Waals surface area (Å²) < 4.78 is 5.33. The van der Waals surface area contributed by atoms with Gasteiger partial charge in [-0.1, -0.05) is 48.0 Å². The highest BCUT2D eigenvalue weighted by Gasteiger charge is 2.70. The normalized spacial score (nSPS) is 39.7. The molecule has 0 aromatic heterocycles. The number of allylic oxidation sites excluding steroid dienone is 1. The SMILES string of the molecule is CCCCOC(=O)CC[C@@H](C)[C@H]1CC(=O)[C@@]2(C)C3=C(C(=O)C[C@]12C)[C@@]1(C)CCC(=O)C(C)(C)[C@@H]1C[C@@H]3O. The molecule has 0 aromatic carbocycles. The summed E-state index contributed by atoms with van der Waals surface area (Å²) >= 11 is 0. The molecule has 0 saturated heterocycles. The third-order valence-electron chi connectivity index (χ3n) is 11.4. The Morgan fingerprint density at radius 1 is 1.11 bits per heavy atom. The summed E-state index contributed by atoms with van der Waals surface area (Å²) in [5, 5.41) is 11.6. The number of Topliss-reactive ketones (excluding diaryl/α,β-unsaturated/α-hetero) is 3. The number of ether oxygens (including phenoxy) is 1. The second-order valence-electron chi connectivity index (χ2n) is 13.6. The van der Waals surface area contributed by atoms with Crippen LogP contribution in [0.5, 0.6) is 0 Å². The number of hydrogen-bond donors (Lipinski definition) is 1. The van der Waals surface area contributed by atoms with E-state index >= 15 is 0 Å². The molecule has 1 N–H and O–H groups in total. The van der Waals surface area contributed by atoms with E-state index in [0.717, 1.165) is 12.8 Å². The van der Waals surface area contributed by atoms with Crippen molar-refractivity contribution in [2.45, 2.75) is 112 Å². The first-order valence-electron chi connectivity index (χ1n) is 14.3. The number of esters is 1. The number of carbonyl (C=O) groups excluding carboxylic acids is 4. The third kappa shape index (κ3) is 3.99. The van der Waals surface area contributed by atoms with Crippen molar-refractivity contribution in [3.63, 3.8) is 0 Å². The number of hydrogen-bond acceptors (Lipinski definition) is 6. The molecule has 4 rings (SSSR count). The molecular weight excluding hydrogens is 468 g/mol. The van der Waals surface area contributed by atoms with Crippen molar-refractivity contribution in [1.82, 2.24) is 0 Å². The van der Waals surface area contributed by atoms with Gasteiger partial charge in [-0.15, -0.1) is 0 Å². The largest absolute Gasteiger partial charge is 0.466 e. The second kappa shape index (κ2) is 9.43. The lowest BCUT2D eigenvalue weighted by Crippen LogP contribution is -2.60. The molecule has 37 heavy (non-hydrogen) atoms. The molecule has 0 amide bonds. The minimum atomic E-state index is -0.935. The molecule has 0 heterocycles. The highest BCUT2D eigenvalue weighted by atomic mass is 16.5. The first-order valence-corrected chi connectivity index (χ1v) is 14.3. The van der Waals surface area contributed by atoms with Gasteiger partial charge in [0.15, 0.2) is 5.78 Å². The molecule has 0 aromatic rings. The number of unbranched alkanes of at least 4 members (excludes halogenated alkanes) is 1. The first-order chi connectivity index (χ1) is 17.2. The zero-order chi connectivity index (χ0) is 27.6. The molecule has 6 heteroatoms. The van der Waals surface area contributed by atoms with E-state index in [-0.39, 0.29) is 47.5 Å². The molecule has 4 aliphatic carbocycles. The van der Waals surface area contributed by atoms with Gasteiger partial charge in [0.25, 0.3) is 0 Å². The van der Waals surface area contributed by atoms with E-state index in [2.05, 4.69) is 27.7 Å². The van der Waals surface area contributed by atoms with Crippen LogP contribution in [0, 0.1) is 39.4 Å². The third-order valence-corrected chi connectivity index (χ3v) is 11.4. The van der Waals surface area contributed by atoms with Crippen LogP contribution in [-0.4, -0.2) is 41.1 Å². The number of aliphatic hydroxyl groups excluding tert-OH is 1. The van der Waals surface area contributed by atoms with Gasteiger partial charge in [0.1, 0.15) is 11.6 Å². The molecule has 0 radical (unpaired) electrons. The number of rotatable bonds is 7. The van der Waals surface area contributed by atoms with Crippen LogP contribution < -0.4 is 0 Å². The zero-order valence-corrected chi connectivity index (χ0v) is 23.9. The molecule has 0 aliphatic heterocycles. The molecule has 2 fully saturated rings. The fraction of sp³-hybridized carbons (Fsp3) is 0.806. The van der Waals surface area contributed by atoms with Crippen LogP contribution in [0.2, 0.25) is 0 Å². The van der Waals surface area contributed by atoms with E-state index in [9.17, 15) is 24.3 Å². The molecule has 0 bridgehead atoms. The quantitative estimate of drug-likeness (QED) is 0.361. The van der Waals surface area contributed by atoms with Crippen molar-refractivity contribution in [2.75, 3.05) is 6.61 Å². The average molecular weight is 515 g/mol. The monoisotopic (exact) mass is 514 g/mol. The molecule has 206 valence electrons. The molecular formula is C31H46O6. The highest BCUT2D eigenvalue weighted by molar-refractivity contribution is 6.05. The minimum absolute atomic E-state index is 0.0252. The van der Waals surface area contributed by atoms with Gasteiger partial charge in [0.05, 0.1) is 18.1 Å². The Labute approximate surface area is 222 Å². The summed E-state index contributed by atoms with van der Waals surface area (Å²) in [4.78, 5) is 53.1. The van der Waals surface area contributed by atoms with Crippen LogP contribution in [0.15, 0.2) is 11.1 Å². The Kier molecular flexibility index (Phi) is 7.18. The summed E-state index contributed by atoms with van der Waals surface area (Å²) in [6.45, 7) is 14.5. The van der Waals surface area contributed by atoms with Gasteiger partial charge >= 0.3 is 5.97 Å². The van der Waals surface area contributed by atoms with Gasteiger partial charge < -0.3 is 9.84 Å².